The van der Waals surface area contributed by atoms with Crippen LogP contribution in [0.25, 0.3) is 0 Å². The molecule has 0 radical (unpaired) electrons. The van der Waals surface area contributed by atoms with E-state index in [1.807, 2.05) is 0 Å². The van der Waals surface area contributed by atoms with Gasteiger partial charge in [-0.25, -0.2) is 8.42 Å². The third kappa shape index (κ3) is 4.68. The molecule has 1 amide bonds. The molecule has 0 saturated heterocycles. The van der Waals surface area contributed by atoms with Crippen molar-refractivity contribution >= 4 is 27.3 Å². The first-order valence-corrected chi connectivity index (χ1v) is 9.86. The third-order valence-corrected chi connectivity index (χ3v) is 5.94. The van der Waals surface area contributed by atoms with Gasteiger partial charge in [-0.15, -0.1) is 0 Å². The normalized spacial score (nSPS) is 11.4. The summed E-state index contributed by atoms with van der Waals surface area (Å²) in [7, 11) is -2.31. The monoisotopic (exact) mass is 415 g/mol. The molecule has 29 heavy (non-hydrogen) atoms. The van der Waals surface area contributed by atoms with Crippen LogP contribution in [0, 0.1) is 10.1 Å². The minimum atomic E-state index is -3.75. The maximum Gasteiger partial charge on any atom is 0.269 e. The Morgan fingerprint density at radius 1 is 1.10 bits per heavy atom. The third-order valence-electron chi connectivity index (χ3n) is 4.12. The highest BCUT2D eigenvalue weighted by atomic mass is 32.2. The number of hydrogen-bond donors (Lipinski definition) is 1. The minimum absolute atomic E-state index is 0.0402. The van der Waals surface area contributed by atoms with E-state index in [2.05, 4.69) is 5.32 Å². The van der Waals surface area contributed by atoms with Gasteiger partial charge < -0.3 is 9.73 Å². The summed E-state index contributed by atoms with van der Waals surface area (Å²) in [5, 5.41) is 13.3. The summed E-state index contributed by atoms with van der Waals surface area (Å²) >= 11 is 0. The van der Waals surface area contributed by atoms with Crippen LogP contribution in [-0.2, 0) is 16.6 Å². The molecule has 0 aliphatic heterocycles. The molecular weight excluding hydrogens is 398 g/mol. The summed E-state index contributed by atoms with van der Waals surface area (Å²) in [4.78, 5) is 22.5. The SMILES string of the molecule is CN(Cc1ccco1)S(=O)(=O)c1ccc(C(=O)Nc2ccc([N+](=O)[O-])cc2)cc1. The number of amides is 1. The highest BCUT2D eigenvalue weighted by molar-refractivity contribution is 7.89. The van der Waals surface area contributed by atoms with Crippen LogP contribution in [-0.4, -0.2) is 30.6 Å². The Morgan fingerprint density at radius 2 is 1.76 bits per heavy atom. The Kier molecular flexibility index (Phi) is 5.76. The van der Waals surface area contributed by atoms with Crippen LogP contribution in [0.5, 0.6) is 0 Å². The van der Waals surface area contributed by atoms with Crippen molar-refractivity contribution in [3.05, 3.63) is 88.4 Å². The summed E-state index contributed by atoms with van der Waals surface area (Å²) in [5.41, 5.74) is 0.544. The number of carbonyl (C=O) groups excluding carboxylic acids is 1. The summed E-state index contributed by atoms with van der Waals surface area (Å²) in [6.45, 7) is 0.0811. The molecule has 1 heterocycles. The fraction of sp³-hybridized carbons (Fsp3) is 0.105. The average molecular weight is 415 g/mol. The second kappa shape index (κ2) is 8.25. The molecule has 10 heteroatoms. The minimum Gasteiger partial charge on any atom is -0.468 e. The Hall–Kier alpha value is -3.50. The summed E-state index contributed by atoms with van der Waals surface area (Å²) in [6, 6.07) is 14.2. The number of rotatable bonds is 7. The van der Waals surface area contributed by atoms with E-state index in [4.69, 9.17) is 4.42 Å². The molecule has 1 aromatic heterocycles. The van der Waals surface area contributed by atoms with Gasteiger partial charge in [-0.3, -0.25) is 14.9 Å². The van der Waals surface area contributed by atoms with E-state index in [0.717, 1.165) is 4.31 Å². The second-order valence-electron chi connectivity index (χ2n) is 6.12. The molecule has 0 aliphatic rings. The van der Waals surface area contributed by atoms with E-state index in [9.17, 15) is 23.3 Å². The summed E-state index contributed by atoms with van der Waals surface area (Å²) < 4.78 is 31.6. The number of sulfonamides is 1. The van der Waals surface area contributed by atoms with Gasteiger partial charge in [-0.1, -0.05) is 0 Å². The van der Waals surface area contributed by atoms with Crippen molar-refractivity contribution in [3.8, 4) is 0 Å². The van der Waals surface area contributed by atoms with Crippen LogP contribution < -0.4 is 5.32 Å². The standard InChI is InChI=1S/C19H17N3O6S/c1-21(13-17-3-2-12-28-17)29(26,27)18-10-4-14(5-11-18)19(23)20-15-6-8-16(9-7-15)22(24)25/h2-12H,13H2,1H3,(H,20,23). The molecule has 9 nitrogen and oxygen atoms in total. The van der Waals surface area contributed by atoms with Crippen molar-refractivity contribution in [2.75, 3.05) is 12.4 Å². The van der Waals surface area contributed by atoms with Crippen LogP contribution in [0.1, 0.15) is 16.1 Å². The van der Waals surface area contributed by atoms with Gasteiger partial charge >= 0.3 is 0 Å². The van der Waals surface area contributed by atoms with Crippen molar-refractivity contribution in [3.63, 3.8) is 0 Å². The lowest BCUT2D eigenvalue weighted by atomic mass is 10.2. The second-order valence-corrected chi connectivity index (χ2v) is 8.17. The molecule has 0 spiro atoms. The number of carbonyl (C=O) groups is 1. The van der Waals surface area contributed by atoms with Crippen LogP contribution in [0.2, 0.25) is 0 Å². The first-order valence-electron chi connectivity index (χ1n) is 8.42. The van der Waals surface area contributed by atoms with Gasteiger partial charge in [0.05, 0.1) is 22.6 Å². The number of hydrogen-bond acceptors (Lipinski definition) is 6. The number of non-ortho nitro benzene ring substituents is 1. The molecule has 150 valence electrons. The quantitative estimate of drug-likeness (QED) is 0.467. The number of nitrogens with one attached hydrogen (secondary N) is 1. The van der Waals surface area contributed by atoms with Crippen LogP contribution in [0.15, 0.2) is 76.2 Å². The molecule has 0 fully saturated rings. The zero-order valence-electron chi connectivity index (χ0n) is 15.3. The number of nitro groups is 1. The number of benzene rings is 2. The van der Waals surface area contributed by atoms with Crippen LogP contribution in [0.3, 0.4) is 0 Å². The van der Waals surface area contributed by atoms with Gasteiger partial charge in [0.1, 0.15) is 5.76 Å². The smallest absolute Gasteiger partial charge is 0.269 e. The molecule has 0 unspecified atom stereocenters. The fourth-order valence-electron chi connectivity index (χ4n) is 2.53. The Morgan fingerprint density at radius 3 is 2.31 bits per heavy atom. The molecule has 3 aromatic rings. The topological polar surface area (TPSA) is 123 Å². The molecular formula is C19H17N3O6S. The van der Waals surface area contributed by atoms with Gasteiger partial charge in [-0.2, -0.15) is 4.31 Å². The lowest BCUT2D eigenvalue weighted by Gasteiger charge is -2.16. The number of furan rings is 1. The van der Waals surface area contributed by atoms with Crippen molar-refractivity contribution in [1.29, 1.82) is 0 Å². The molecule has 0 saturated carbocycles. The first kappa shape index (κ1) is 20.2. The lowest BCUT2D eigenvalue weighted by molar-refractivity contribution is -0.384. The zero-order chi connectivity index (χ0) is 21.0. The van der Waals surface area contributed by atoms with Gasteiger partial charge in [0.25, 0.3) is 11.6 Å². The highest BCUT2D eigenvalue weighted by Crippen LogP contribution is 2.19. The van der Waals surface area contributed by atoms with E-state index in [1.165, 1.54) is 61.8 Å². The highest BCUT2D eigenvalue weighted by Gasteiger charge is 2.22. The molecule has 3 rings (SSSR count). The maximum atomic E-state index is 12.6. The largest absolute Gasteiger partial charge is 0.468 e. The van der Waals surface area contributed by atoms with Crippen LogP contribution >= 0.6 is 0 Å². The molecule has 0 aliphatic carbocycles. The number of nitrogens with zero attached hydrogens (tertiary/aromatic N) is 2. The summed E-state index contributed by atoms with van der Waals surface area (Å²) in [6.07, 6.45) is 1.47. The van der Waals surface area contributed by atoms with Crippen LogP contribution in [0.4, 0.5) is 11.4 Å². The van der Waals surface area contributed by atoms with Gasteiger partial charge in [0, 0.05) is 30.4 Å². The molecule has 0 bridgehead atoms. The van der Waals surface area contributed by atoms with Crippen molar-refractivity contribution in [2.45, 2.75) is 11.4 Å². The molecule has 2 aromatic carbocycles. The predicted octanol–water partition coefficient (Wildman–Crippen LogP) is 3.26. The Labute approximate surface area is 166 Å². The van der Waals surface area contributed by atoms with E-state index >= 15 is 0 Å². The first-order chi connectivity index (χ1) is 13.8. The van der Waals surface area contributed by atoms with E-state index in [1.54, 1.807) is 12.1 Å². The zero-order valence-corrected chi connectivity index (χ0v) is 16.1. The lowest BCUT2D eigenvalue weighted by Crippen LogP contribution is -2.26. The van der Waals surface area contributed by atoms with Gasteiger partial charge in [-0.05, 0) is 48.5 Å². The van der Waals surface area contributed by atoms with Gasteiger partial charge in [0.2, 0.25) is 10.0 Å². The molecule has 0 atom stereocenters. The van der Waals surface area contributed by atoms with E-state index < -0.39 is 20.9 Å². The van der Waals surface area contributed by atoms with E-state index in [0.29, 0.717) is 11.4 Å². The number of nitro benzene ring substituents is 1. The average Bonchev–Trinajstić information content (AvgIpc) is 3.21. The Balaban J connectivity index is 1.70. The van der Waals surface area contributed by atoms with E-state index in [-0.39, 0.29) is 22.7 Å². The summed E-state index contributed by atoms with van der Waals surface area (Å²) in [5.74, 6) is 0.0434. The van der Waals surface area contributed by atoms with Crippen molar-refractivity contribution in [1.82, 2.24) is 4.31 Å². The number of anilines is 1. The Bertz CT molecular complexity index is 1110. The van der Waals surface area contributed by atoms with Crippen molar-refractivity contribution < 1.29 is 22.6 Å². The molecule has 1 N–H and O–H groups in total. The predicted molar refractivity (Wildman–Crippen MR) is 105 cm³/mol. The van der Waals surface area contributed by atoms with Crippen molar-refractivity contribution in [2.24, 2.45) is 0 Å². The maximum absolute atomic E-state index is 12.6. The van der Waals surface area contributed by atoms with Gasteiger partial charge in [0.15, 0.2) is 0 Å². The fourth-order valence-corrected chi connectivity index (χ4v) is 3.67.